The summed E-state index contributed by atoms with van der Waals surface area (Å²) in [6, 6.07) is 7.04. The maximum atomic E-state index is 11.7. The lowest BCUT2D eigenvalue weighted by Crippen LogP contribution is -2.34. The van der Waals surface area contributed by atoms with Gasteiger partial charge in [-0.3, -0.25) is 0 Å². The van der Waals surface area contributed by atoms with E-state index < -0.39 is 0 Å². The Morgan fingerprint density at radius 1 is 1.50 bits per heavy atom. The molecule has 0 saturated carbocycles. The highest BCUT2D eigenvalue weighted by molar-refractivity contribution is 5.89. The Balaban J connectivity index is 2.57. The van der Waals surface area contributed by atoms with Crippen LogP contribution >= 0.6 is 0 Å². The summed E-state index contributed by atoms with van der Waals surface area (Å²) in [7, 11) is 1.78. The summed E-state index contributed by atoms with van der Waals surface area (Å²) in [5.74, 6) is 0.455. The zero-order valence-electron chi connectivity index (χ0n) is 10.0. The number of nitrogens with one attached hydrogen (secondary N) is 1. The highest BCUT2D eigenvalue weighted by Gasteiger charge is 2.09. The van der Waals surface area contributed by atoms with Crippen LogP contribution in [0.1, 0.15) is 13.8 Å². The fourth-order valence-electron chi connectivity index (χ4n) is 1.47. The molecule has 0 heterocycles. The first-order chi connectivity index (χ1) is 7.49. The van der Waals surface area contributed by atoms with Crippen molar-refractivity contribution in [3.05, 3.63) is 24.3 Å². The van der Waals surface area contributed by atoms with Gasteiger partial charge in [0.2, 0.25) is 0 Å². The van der Waals surface area contributed by atoms with Crippen LogP contribution in [0.5, 0.6) is 0 Å². The molecule has 4 heteroatoms. The second-order valence-corrected chi connectivity index (χ2v) is 4.33. The van der Waals surface area contributed by atoms with E-state index >= 15 is 0 Å². The van der Waals surface area contributed by atoms with Gasteiger partial charge in [0, 0.05) is 25.0 Å². The third-order valence-corrected chi connectivity index (χ3v) is 2.12. The number of carbonyl (C=O) groups excluding carboxylic acids is 1. The maximum absolute atomic E-state index is 11.7. The van der Waals surface area contributed by atoms with E-state index in [9.17, 15) is 4.79 Å². The van der Waals surface area contributed by atoms with Crippen molar-refractivity contribution in [3.63, 3.8) is 0 Å². The van der Waals surface area contributed by atoms with Crippen molar-refractivity contribution in [2.75, 3.05) is 24.6 Å². The first-order valence-electron chi connectivity index (χ1n) is 5.36. The molecule has 1 aromatic carbocycles. The van der Waals surface area contributed by atoms with Crippen molar-refractivity contribution in [2.45, 2.75) is 13.8 Å². The maximum Gasteiger partial charge on any atom is 0.321 e. The zero-order valence-corrected chi connectivity index (χ0v) is 10.0. The molecule has 0 saturated heterocycles. The predicted octanol–water partition coefficient (Wildman–Crippen LogP) is 2.39. The van der Waals surface area contributed by atoms with Crippen molar-refractivity contribution in [1.82, 2.24) is 4.90 Å². The normalized spacial score (nSPS) is 10.2. The minimum atomic E-state index is -0.112. The Morgan fingerprint density at radius 2 is 2.19 bits per heavy atom. The molecular weight excluding hydrogens is 202 g/mol. The van der Waals surface area contributed by atoms with Gasteiger partial charge in [0.05, 0.1) is 0 Å². The average molecular weight is 221 g/mol. The molecule has 0 aliphatic heterocycles. The zero-order chi connectivity index (χ0) is 12.1. The molecule has 16 heavy (non-hydrogen) atoms. The summed E-state index contributed by atoms with van der Waals surface area (Å²) in [4.78, 5) is 13.4. The van der Waals surface area contributed by atoms with E-state index in [1.807, 2.05) is 12.1 Å². The second-order valence-electron chi connectivity index (χ2n) is 4.33. The molecule has 0 aliphatic rings. The van der Waals surface area contributed by atoms with Crippen LogP contribution < -0.4 is 11.1 Å². The van der Waals surface area contributed by atoms with E-state index in [4.69, 9.17) is 5.73 Å². The van der Waals surface area contributed by atoms with Crippen molar-refractivity contribution in [3.8, 4) is 0 Å². The molecule has 1 aromatic rings. The quantitative estimate of drug-likeness (QED) is 0.770. The van der Waals surface area contributed by atoms with Crippen LogP contribution in [0.15, 0.2) is 24.3 Å². The fourth-order valence-corrected chi connectivity index (χ4v) is 1.47. The Kier molecular flexibility index (Phi) is 4.17. The lowest BCUT2D eigenvalue weighted by molar-refractivity contribution is 0.217. The van der Waals surface area contributed by atoms with Crippen LogP contribution in [-0.2, 0) is 0 Å². The average Bonchev–Trinajstić information content (AvgIpc) is 2.16. The topological polar surface area (TPSA) is 58.4 Å². The molecule has 0 aromatic heterocycles. The Bertz CT molecular complexity index is 363. The fraction of sp³-hybridized carbons (Fsp3) is 0.417. The number of amides is 2. The van der Waals surface area contributed by atoms with Gasteiger partial charge < -0.3 is 16.0 Å². The van der Waals surface area contributed by atoms with Crippen LogP contribution in [0.3, 0.4) is 0 Å². The van der Waals surface area contributed by atoms with Gasteiger partial charge in [-0.15, -0.1) is 0 Å². The van der Waals surface area contributed by atoms with Gasteiger partial charge in [0.15, 0.2) is 0 Å². The molecule has 0 atom stereocenters. The van der Waals surface area contributed by atoms with Crippen LogP contribution in [0.25, 0.3) is 0 Å². The summed E-state index contributed by atoms with van der Waals surface area (Å²) in [6.07, 6.45) is 0. The third kappa shape index (κ3) is 3.81. The van der Waals surface area contributed by atoms with Crippen LogP contribution in [-0.4, -0.2) is 24.5 Å². The molecule has 0 fully saturated rings. The Labute approximate surface area is 96.4 Å². The summed E-state index contributed by atoms with van der Waals surface area (Å²) < 4.78 is 0. The van der Waals surface area contributed by atoms with E-state index in [1.54, 1.807) is 24.1 Å². The van der Waals surface area contributed by atoms with E-state index in [-0.39, 0.29) is 6.03 Å². The minimum Gasteiger partial charge on any atom is -0.399 e. The number of nitrogens with two attached hydrogens (primary N) is 1. The highest BCUT2D eigenvalue weighted by Crippen LogP contribution is 2.12. The minimum absolute atomic E-state index is 0.112. The van der Waals surface area contributed by atoms with Crippen molar-refractivity contribution >= 4 is 17.4 Å². The molecular formula is C12H19N3O. The lowest BCUT2D eigenvalue weighted by atomic mass is 10.2. The Morgan fingerprint density at radius 3 is 2.75 bits per heavy atom. The molecule has 0 bridgehead atoms. The van der Waals surface area contributed by atoms with E-state index in [2.05, 4.69) is 19.2 Å². The van der Waals surface area contributed by atoms with E-state index in [1.165, 1.54) is 0 Å². The number of urea groups is 1. The largest absolute Gasteiger partial charge is 0.399 e. The van der Waals surface area contributed by atoms with Gasteiger partial charge >= 0.3 is 6.03 Å². The van der Waals surface area contributed by atoms with Crippen molar-refractivity contribution in [1.29, 1.82) is 0 Å². The molecule has 0 aliphatic carbocycles. The van der Waals surface area contributed by atoms with Crippen LogP contribution in [0.4, 0.5) is 16.2 Å². The second kappa shape index (κ2) is 5.39. The molecule has 2 amide bonds. The number of nitrogen functional groups attached to an aromatic ring is 1. The number of anilines is 2. The van der Waals surface area contributed by atoms with Crippen LogP contribution in [0, 0.1) is 5.92 Å². The van der Waals surface area contributed by atoms with Gasteiger partial charge in [-0.05, 0) is 24.1 Å². The molecule has 0 spiro atoms. The number of nitrogens with zero attached hydrogens (tertiary/aromatic N) is 1. The molecule has 0 unspecified atom stereocenters. The lowest BCUT2D eigenvalue weighted by Gasteiger charge is -2.19. The number of carbonyl (C=O) groups is 1. The monoisotopic (exact) mass is 221 g/mol. The summed E-state index contributed by atoms with van der Waals surface area (Å²) >= 11 is 0. The highest BCUT2D eigenvalue weighted by atomic mass is 16.2. The summed E-state index contributed by atoms with van der Waals surface area (Å²) in [5.41, 5.74) is 6.99. The molecule has 88 valence electrons. The predicted molar refractivity (Wildman–Crippen MR) is 67.3 cm³/mol. The smallest absolute Gasteiger partial charge is 0.321 e. The van der Waals surface area contributed by atoms with Gasteiger partial charge in [-0.25, -0.2) is 4.79 Å². The molecule has 4 nitrogen and oxygen atoms in total. The Hall–Kier alpha value is -1.71. The van der Waals surface area contributed by atoms with Crippen molar-refractivity contribution < 1.29 is 4.79 Å². The van der Waals surface area contributed by atoms with E-state index in [0.29, 0.717) is 11.6 Å². The molecule has 0 radical (unpaired) electrons. The number of hydrogen-bond acceptors (Lipinski definition) is 2. The van der Waals surface area contributed by atoms with E-state index in [0.717, 1.165) is 12.2 Å². The van der Waals surface area contributed by atoms with Gasteiger partial charge in [-0.1, -0.05) is 19.9 Å². The number of rotatable bonds is 3. The van der Waals surface area contributed by atoms with Gasteiger partial charge in [-0.2, -0.15) is 0 Å². The number of benzene rings is 1. The van der Waals surface area contributed by atoms with Crippen molar-refractivity contribution in [2.24, 2.45) is 5.92 Å². The molecule has 3 N–H and O–H groups in total. The van der Waals surface area contributed by atoms with Gasteiger partial charge in [0.25, 0.3) is 0 Å². The van der Waals surface area contributed by atoms with Crippen LogP contribution in [0.2, 0.25) is 0 Å². The summed E-state index contributed by atoms with van der Waals surface area (Å²) in [6.45, 7) is 4.88. The standard InChI is InChI=1S/C12H19N3O/c1-9(2)8-15(3)12(16)14-11-6-4-5-10(13)7-11/h4-7,9H,8,13H2,1-3H3,(H,14,16). The third-order valence-electron chi connectivity index (χ3n) is 2.12. The van der Waals surface area contributed by atoms with Gasteiger partial charge in [0.1, 0.15) is 0 Å². The SMILES string of the molecule is CC(C)CN(C)C(=O)Nc1cccc(N)c1. The first-order valence-corrected chi connectivity index (χ1v) is 5.36. The number of hydrogen-bond donors (Lipinski definition) is 2. The molecule has 1 rings (SSSR count). The summed E-state index contributed by atoms with van der Waals surface area (Å²) in [5, 5.41) is 2.79. The first kappa shape index (κ1) is 12.4.